The van der Waals surface area contributed by atoms with E-state index in [2.05, 4.69) is 20.4 Å². The number of carboxylic acid groups (broad SMARTS) is 1. The maximum absolute atomic E-state index is 10.4. The van der Waals surface area contributed by atoms with Crippen molar-refractivity contribution in [2.45, 2.75) is 19.8 Å². The molecule has 0 saturated carbocycles. The number of thioether (sulfide) groups is 1. The fourth-order valence-corrected chi connectivity index (χ4v) is 2.16. The highest BCUT2D eigenvalue weighted by atomic mass is 32.2. The number of aromatic nitrogens is 2. The molecule has 90 valence electrons. The molecule has 0 unspecified atom stereocenters. The Bertz CT molecular complexity index is 492. The van der Waals surface area contributed by atoms with Gasteiger partial charge in [0.1, 0.15) is 5.04 Å². The molecule has 2 heterocycles. The second-order valence-corrected chi connectivity index (χ2v) is 4.56. The van der Waals surface area contributed by atoms with Crippen molar-refractivity contribution in [3.63, 3.8) is 0 Å². The van der Waals surface area contributed by atoms with Crippen LogP contribution in [0.5, 0.6) is 0 Å². The predicted octanol–water partition coefficient (Wildman–Crippen LogP) is 1.30. The third kappa shape index (κ3) is 2.73. The van der Waals surface area contributed by atoms with Crippen LogP contribution in [0.4, 0.5) is 0 Å². The van der Waals surface area contributed by atoms with Crippen LogP contribution in [-0.4, -0.2) is 37.8 Å². The molecule has 0 aliphatic carbocycles. The van der Waals surface area contributed by atoms with Gasteiger partial charge in [-0.2, -0.15) is 10.2 Å². The first-order valence-electron chi connectivity index (χ1n) is 5.21. The molecule has 0 radical (unpaired) electrons. The summed E-state index contributed by atoms with van der Waals surface area (Å²) in [5.74, 6) is -0.822. The van der Waals surface area contributed by atoms with Crippen LogP contribution in [0.3, 0.4) is 0 Å². The summed E-state index contributed by atoms with van der Waals surface area (Å²) < 4.78 is 0. The molecule has 0 atom stereocenters. The van der Waals surface area contributed by atoms with E-state index in [0.29, 0.717) is 6.42 Å². The minimum absolute atomic E-state index is 0.0215. The average molecular weight is 252 g/mol. The van der Waals surface area contributed by atoms with Gasteiger partial charge in [0.2, 0.25) is 0 Å². The molecule has 2 rings (SSSR count). The molecule has 7 heteroatoms. The molecular formula is C10H12N4O2S. The first kappa shape index (κ1) is 11.8. The third-order valence-corrected chi connectivity index (χ3v) is 3.30. The summed E-state index contributed by atoms with van der Waals surface area (Å²) in [6.07, 6.45) is 3.18. The maximum Gasteiger partial charge on any atom is 0.313 e. The topological polar surface area (TPSA) is 90.7 Å². The standard InChI is InChI=1S/C10H12N4O2S/c1-2-7-6(4-11-12-7)8-3-9(14-13-8)17-5-10(15)16/h4H,2-3,5H2,1H3,(H,11,12)(H,15,16). The van der Waals surface area contributed by atoms with E-state index in [0.717, 1.165) is 28.4 Å². The molecule has 0 bridgehead atoms. The second kappa shape index (κ2) is 5.13. The zero-order chi connectivity index (χ0) is 12.3. The average Bonchev–Trinajstić information content (AvgIpc) is 2.94. The number of aromatic amines is 1. The highest BCUT2D eigenvalue weighted by Gasteiger charge is 2.18. The van der Waals surface area contributed by atoms with Crippen molar-refractivity contribution < 1.29 is 9.90 Å². The van der Waals surface area contributed by atoms with E-state index in [-0.39, 0.29) is 5.75 Å². The number of H-pyrrole nitrogens is 1. The summed E-state index contributed by atoms with van der Waals surface area (Å²) in [5, 5.41) is 24.3. The monoisotopic (exact) mass is 252 g/mol. The number of aryl methyl sites for hydroxylation is 1. The van der Waals surface area contributed by atoms with E-state index in [1.807, 2.05) is 6.92 Å². The van der Waals surface area contributed by atoms with Gasteiger partial charge in [0, 0.05) is 17.7 Å². The molecule has 1 aliphatic heterocycles. The molecular weight excluding hydrogens is 240 g/mol. The van der Waals surface area contributed by atoms with Crippen LogP contribution >= 0.6 is 11.8 Å². The highest BCUT2D eigenvalue weighted by Crippen LogP contribution is 2.20. The van der Waals surface area contributed by atoms with Gasteiger partial charge in [0.05, 0.1) is 17.7 Å². The Labute approximate surface area is 102 Å². The summed E-state index contributed by atoms with van der Waals surface area (Å²) in [6, 6.07) is 0. The predicted molar refractivity (Wildman–Crippen MR) is 66.6 cm³/mol. The first-order valence-corrected chi connectivity index (χ1v) is 6.20. The van der Waals surface area contributed by atoms with Gasteiger partial charge >= 0.3 is 5.97 Å². The number of hydrogen-bond donors (Lipinski definition) is 2. The molecule has 0 fully saturated rings. The van der Waals surface area contributed by atoms with Crippen LogP contribution in [-0.2, 0) is 11.2 Å². The fraction of sp³-hybridized carbons (Fsp3) is 0.400. The van der Waals surface area contributed by atoms with Crippen molar-refractivity contribution >= 4 is 28.5 Å². The summed E-state index contributed by atoms with van der Waals surface area (Å²) in [4.78, 5) is 10.4. The van der Waals surface area contributed by atoms with Gasteiger partial charge in [-0.15, -0.1) is 5.10 Å². The number of carboxylic acids is 1. The van der Waals surface area contributed by atoms with Crippen molar-refractivity contribution in [1.82, 2.24) is 10.2 Å². The van der Waals surface area contributed by atoms with E-state index in [1.165, 1.54) is 11.8 Å². The SMILES string of the molecule is CCc1[nH]ncc1C1=NN=C(SCC(=O)O)C1. The molecule has 1 aromatic heterocycles. The zero-order valence-corrected chi connectivity index (χ0v) is 10.1. The van der Waals surface area contributed by atoms with Gasteiger partial charge in [-0.05, 0) is 6.42 Å². The van der Waals surface area contributed by atoms with Crippen LogP contribution in [0.25, 0.3) is 0 Å². The Balaban J connectivity index is 1.98. The normalized spacial score (nSPS) is 14.6. The third-order valence-electron chi connectivity index (χ3n) is 2.35. The minimum atomic E-state index is -0.844. The number of hydrogen-bond acceptors (Lipinski definition) is 5. The zero-order valence-electron chi connectivity index (χ0n) is 9.30. The van der Waals surface area contributed by atoms with Crippen molar-refractivity contribution in [1.29, 1.82) is 0 Å². The lowest BCUT2D eigenvalue weighted by Crippen LogP contribution is -2.06. The quantitative estimate of drug-likeness (QED) is 0.844. The van der Waals surface area contributed by atoms with E-state index in [1.54, 1.807) is 6.20 Å². The summed E-state index contributed by atoms with van der Waals surface area (Å²) >= 11 is 1.21. The Morgan fingerprint density at radius 2 is 2.41 bits per heavy atom. The van der Waals surface area contributed by atoms with Crippen molar-refractivity contribution in [3.8, 4) is 0 Å². The number of nitrogens with zero attached hydrogens (tertiary/aromatic N) is 3. The van der Waals surface area contributed by atoms with Gasteiger partial charge in [-0.3, -0.25) is 9.89 Å². The summed E-state index contributed by atoms with van der Waals surface area (Å²) in [7, 11) is 0. The Kier molecular flexibility index (Phi) is 3.58. The first-order chi connectivity index (χ1) is 8.20. The van der Waals surface area contributed by atoms with Crippen LogP contribution < -0.4 is 0 Å². The molecule has 1 aromatic rings. The fourth-order valence-electron chi connectivity index (χ4n) is 1.54. The Morgan fingerprint density at radius 1 is 1.59 bits per heavy atom. The van der Waals surface area contributed by atoms with E-state index < -0.39 is 5.97 Å². The second-order valence-electron chi connectivity index (χ2n) is 3.52. The van der Waals surface area contributed by atoms with Gasteiger partial charge in [-0.1, -0.05) is 18.7 Å². The highest BCUT2D eigenvalue weighted by molar-refractivity contribution is 8.14. The van der Waals surface area contributed by atoms with Crippen LogP contribution in [0.2, 0.25) is 0 Å². The lowest BCUT2D eigenvalue weighted by Gasteiger charge is -1.99. The number of aliphatic carboxylic acids is 1. The smallest absolute Gasteiger partial charge is 0.313 e. The van der Waals surface area contributed by atoms with Crippen molar-refractivity contribution in [2.24, 2.45) is 10.2 Å². The lowest BCUT2D eigenvalue weighted by atomic mass is 10.1. The number of rotatable bonds is 4. The van der Waals surface area contributed by atoms with E-state index in [9.17, 15) is 4.79 Å². The van der Waals surface area contributed by atoms with Crippen LogP contribution in [0.1, 0.15) is 24.6 Å². The summed E-state index contributed by atoms with van der Waals surface area (Å²) in [6.45, 7) is 2.04. The molecule has 2 N–H and O–H groups in total. The van der Waals surface area contributed by atoms with Crippen LogP contribution in [0, 0.1) is 0 Å². The molecule has 0 amide bonds. The molecule has 6 nitrogen and oxygen atoms in total. The number of carbonyl (C=O) groups is 1. The molecule has 1 aliphatic rings. The maximum atomic E-state index is 10.4. The van der Waals surface area contributed by atoms with Crippen LogP contribution in [0.15, 0.2) is 16.4 Å². The van der Waals surface area contributed by atoms with Gasteiger partial charge in [0.25, 0.3) is 0 Å². The minimum Gasteiger partial charge on any atom is -0.481 e. The Hall–Kier alpha value is -1.63. The van der Waals surface area contributed by atoms with E-state index >= 15 is 0 Å². The lowest BCUT2D eigenvalue weighted by molar-refractivity contribution is -0.133. The van der Waals surface area contributed by atoms with Gasteiger partial charge in [-0.25, -0.2) is 0 Å². The van der Waals surface area contributed by atoms with Crippen molar-refractivity contribution in [2.75, 3.05) is 5.75 Å². The molecule has 17 heavy (non-hydrogen) atoms. The summed E-state index contributed by atoms with van der Waals surface area (Å²) in [5.41, 5.74) is 2.86. The molecule has 0 saturated heterocycles. The van der Waals surface area contributed by atoms with Gasteiger partial charge < -0.3 is 5.11 Å². The van der Waals surface area contributed by atoms with Gasteiger partial charge in [0.15, 0.2) is 0 Å². The molecule has 0 spiro atoms. The largest absolute Gasteiger partial charge is 0.481 e. The van der Waals surface area contributed by atoms with Crippen molar-refractivity contribution in [3.05, 3.63) is 17.5 Å². The number of nitrogens with one attached hydrogen (secondary N) is 1. The Morgan fingerprint density at radius 3 is 3.12 bits per heavy atom. The van der Waals surface area contributed by atoms with E-state index in [4.69, 9.17) is 5.11 Å². The molecule has 0 aromatic carbocycles.